The molecule has 0 aliphatic carbocycles. The van der Waals surface area contributed by atoms with Gasteiger partial charge in [-0.2, -0.15) is 0 Å². The third-order valence-corrected chi connectivity index (χ3v) is 2.38. The number of nitro groups is 1. The Hall–Kier alpha value is -1.62. The van der Waals surface area contributed by atoms with Crippen LogP contribution in [0.2, 0.25) is 0 Å². The highest BCUT2D eigenvalue weighted by Crippen LogP contribution is 2.24. The molecule has 5 heteroatoms. The highest BCUT2D eigenvalue weighted by molar-refractivity contribution is 5.59. The third kappa shape index (κ3) is 3.20. The van der Waals surface area contributed by atoms with E-state index in [1.165, 1.54) is 6.07 Å². The number of hydrogen-bond acceptors (Lipinski definition) is 4. The monoisotopic (exact) mass is 223 g/mol. The second-order valence-electron chi connectivity index (χ2n) is 3.94. The molecule has 0 spiro atoms. The predicted molar refractivity (Wildman–Crippen MR) is 64.9 cm³/mol. The second kappa shape index (κ2) is 5.46. The van der Waals surface area contributed by atoms with Gasteiger partial charge in [0, 0.05) is 30.4 Å². The van der Waals surface area contributed by atoms with Gasteiger partial charge in [0.2, 0.25) is 0 Å². The highest BCUT2D eigenvalue weighted by Gasteiger charge is 2.12. The summed E-state index contributed by atoms with van der Waals surface area (Å²) >= 11 is 0. The van der Waals surface area contributed by atoms with Crippen LogP contribution in [0.1, 0.15) is 5.56 Å². The fourth-order valence-corrected chi connectivity index (χ4v) is 1.43. The summed E-state index contributed by atoms with van der Waals surface area (Å²) in [5.74, 6) is 0. The van der Waals surface area contributed by atoms with Crippen LogP contribution >= 0.6 is 0 Å². The molecule has 0 heterocycles. The summed E-state index contributed by atoms with van der Waals surface area (Å²) in [4.78, 5) is 12.4. The lowest BCUT2D eigenvalue weighted by Gasteiger charge is -2.12. The van der Waals surface area contributed by atoms with Crippen LogP contribution in [0.25, 0.3) is 0 Å². The summed E-state index contributed by atoms with van der Waals surface area (Å²) in [7, 11) is 3.98. The molecule has 0 saturated heterocycles. The Morgan fingerprint density at radius 1 is 1.44 bits per heavy atom. The first-order valence-electron chi connectivity index (χ1n) is 5.15. The fraction of sp³-hybridized carbons (Fsp3) is 0.455. The maximum Gasteiger partial charge on any atom is 0.274 e. The Balaban J connectivity index is 2.73. The van der Waals surface area contributed by atoms with Crippen molar-refractivity contribution in [3.8, 4) is 0 Å². The normalized spacial score (nSPS) is 10.5. The molecule has 1 aromatic rings. The van der Waals surface area contributed by atoms with Gasteiger partial charge in [-0.25, -0.2) is 0 Å². The minimum Gasteiger partial charge on any atom is -0.383 e. The molecule has 0 bridgehead atoms. The first kappa shape index (κ1) is 12.4. The van der Waals surface area contributed by atoms with E-state index in [4.69, 9.17) is 0 Å². The summed E-state index contributed by atoms with van der Waals surface area (Å²) < 4.78 is 0. The molecule has 0 aliphatic rings. The lowest BCUT2D eigenvalue weighted by atomic mass is 10.1. The van der Waals surface area contributed by atoms with Gasteiger partial charge in [-0.15, -0.1) is 0 Å². The van der Waals surface area contributed by atoms with Gasteiger partial charge in [-0.3, -0.25) is 10.1 Å². The molecule has 0 saturated carbocycles. The van der Waals surface area contributed by atoms with E-state index in [0.717, 1.165) is 18.8 Å². The Bertz CT molecular complexity index is 377. The zero-order valence-electron chi connectivity index (χ0n) is 9.86. The van der Waals surface area contributed by atoms with Crippen LogP contribution in [0.4, 0.5) is 11.4 Å². The molecule has 16 heavy (non-hydrogen) atoms. The van der Waals surface area contributed by atoms with Crippen molar-refractivity contribution in [2.24, 2.45) is 0 Å². The molecule has 88 valence electrons. The first-order valence-corrected chi connectivity index (χ1v) is 5.15. The van der Waals surface area contributed by atoms with E-state index in [1.807, 2.05) is 20.2 Å². The molecular formula is C11H17N3O2. The van der Waals surface area contributed by atoms with E-state index >= 15 is 0 Å². The molecule has 0 aliphatic heterocycles. The molecule has 5 nitrogen and oxygen atoms in total. The van der Waals surface area contributed by atoms with Crippen molar-refractivity contribution in [1.82, 2.24) is 4.90 Å². The molecule has 0 fully saturated rings. The first-order chi connectivity index (χ1) is 7.52. The average molecular weight is 223 g/mol. The van der Waals surface area contributed by atoms with Gasteiger partial charge in [-0.05, 0) is 27.1 Å². The highest BCUT2D eigenvalue weighted by atomic mass is 16.6. The maximum atomic E-state index is 10.7. The van der Waals surface area contributed by atoms with Gasteiger partial charge in [0.1, 0.15) is 0 Å². The smallest absolute Gasteiger partial charge is 0.274 e. The third-order valence-electron chi connectivity index (χ3n) is 2.38. The van der Waals surface area contributed by atoms with Gasteiger partial charge < -0.3 is 10.2 Å². The van der Waals surface area contributed by atoms with Gasteiger partial charge in [-0.1, -0.05) is 6.07 Å². The molecule has 1 N–H and O–H groups in total. The summed E-state index contributed by atoms with van der Waals surface area (Å²) in [5, 5.41) is 13.9. The Morgan fingerprint density at radius 2 is 2.12 bits per heavy atom. The number of anilines is 1. The van der Waals surface area contributed by atoms with Crippen LogP contribution in [0, 0.1) is 17.0 Å². The van der Waals surface area contributed by atoms with Crippen LogP contribution < -0.4 is 5.32 Å². The average Bonchev–Trinajstić information content (AvgIpc) is 2.19. The summed E-state index contributed by atoms with van der Waals surface area (Å²) in [6.07, 6.45) is 0. The number of rotatable bonds is 5. The molecule has 0 atom stereocenters. The number of likely N-dealkylation sites (N-methyl/N-ethyl adjacent to an activating group) is 1. The van der Waals surface area contributed by atoms with Crippen LogP contribution in [0.15, 0.2) is 18.2 Å². The molecule has 1 aromatic carbocycles. The quantitative estimate of drug-likeness (QED) is 0.611. The molecular weight excluding hydrogens is 206 g/mol. The number of hydrogen-bond donors (Lipinski definition) is 1. The van der Waals surface area contributed by atoms with Crippen molar-refractivity contribution in [2.45, 2.75) is 6.92 Å². The van der Waals surface area contributed by atoms with E-state index in [1.54, 1.807) is 13.0 Å². The Morgan fingerprint density at radius 3 is 2.69 bits per heavy atom. The van der Waals surface area contributed by atoms with E-state index < -0.39 is 0 Å². The summed E-state index contributed by atoms with van der Waals surface area (Å²) in [5.41, 5.74) is 1.68. The van der Waals surface area contributed by atoms with E-state index in [2.05, 4.69) is 10.2 Å². The van der Waals surface area contributed by atoms with Crippen molar-refractivity contribution < 1.29 is 4.92 Å². The minimum atomic E-state index is -0.355. The van der Waals surface area contributed by atoms with Gasteiger partial charge in [0.05, 0.1) is 4.92 Å². The van der Waals surface area contributed by atoms with Gasteiger partial charge in [0.25, 0.3) is 5.69 Å². The summed E-state index contributed by atoms with van der Waals surface area (Å²) in [6, 6.07) is 5.08. The van der Waals surface area contributed by atoms with Crippen LogP contribution in [-0.2, 0) is 0 Å². The van der Waals surface area contributed by atoms with Crippen molar-refractivity contribution in [2.75, 3.05) is 32.5 Å². The predicted octanol–water partition coefficient (Wildman–Crippen LogP) is 1.88. The molecule has 0 aromatic heterocycles. The number of nitrogens with zero attached hydrogens (tertiary/aromatic N) is 2. The van der Waals surface area contributed by atoms with Gasteiger partial charge >= 0.3 is 0 Å². The molecule has 1 rings (SSSR count). The topological polar surface area (TPSA) is 58.4 Å². The molecule has 0 radical (unpaired) electrons. The lowest BCUT2D eigenvalue weighted by molar-refractivity contribution is -0.385. The fourth-order valence-electron chi connectivity index (χ4n) is 1.43. The standard InChI is InChI=1S/C11H17N3O2/c1-9-10(12-7-8-13(2)3)5-4-6-11(9)14(15)16/h4-6,12H,7-8H2,1-3H3. The van der Waals surface area contributed by atoms with Crippen molar-refractivity contribution in [1.29, 1.82) is 0 Å². The van der Waals surface area contributed by atoms with Crippen molar-refractivity contribution >= 4 is 11.4 Å². The van der Waals surface area contributed by atoms with E-state index in [9.17, 15) is 10.1 Å². The van der Waals surface area contributed by atoms with Gasteiger partial charge in [0.15, 0.2) is 0 Å². The molecule has 0 amide bonds. The van der Waals surface area contributed by atoms with E-state index in [-0.39, 0.29) is 10.6 Å². The minimum absolute atomic E-state index is 0.162. The number of nitro benzene ring substituents is 1. The number of nitrogens with one attached hydrogen (secondary N) is 1. The lowest BCUT2D eigenvalue weighted by Crippen LogP contribution is -2.21. The van der Waals surface area contributed by atoms with Crippen molar-refractivity contribution in [3.05, 3.63) is 33.9 Å². The summed E-state index contributed by atoms with van der Waals surface area (Å²) in [6.45, 7) is 3.42. The van der Waals surface area contributed by atoms with E-state index in [0.29, 0.717) is 5.56 Å². The van der Waals surface area contributed by atoms with Crippen molar-refractivity contribution in [3.63, 3.8) is 0 Å². The Kier molecular flexibility index (Phi) is 4.25. The zero-order valence-corrected chi connectivity index (χ0v) is 9.86. The van der Waals surface area contributed by atoms with Crippen LogP contribution in [0.5, 0.6) is 0 Å². The zero-order chi connectivity index (χ0) is 12.1. The molecule has 0 unspecified atom stereocenters. The maximum absolute atomic E-state index is 10.7. The largest absolute Gasteiger partial charge is 0.383 e. The SMILES string of the molecule is Cc1c(NCCN(C)C)cccc1[N+](=O)[O-]. The second-order valence-corrected chi connectivity index (χ2v) is 3.94. The van der Waals surface area contributed by atoms with Crippen LogP contribution in [0.3, 0.4) is 0 Å². The Labute approximate surface area is 95.2 Å². The van der Waals surface area contributed by atoms with Crippen LogP contribution in [-0.4, -0.2) is 37.0 Å². The number of benzene rings is 1.